The van der Waals surface area contributed by atoms with E-state index < -0.39 is 30.1 Å². The molecule has 0 aromatic rings. The van der Waals surface area contributed by atoms with Gasteiger partial charge in [0.1, 0.15) is 6.04 Å². The molecule has 4 unspecified atom stereocenters. The van der Waals surface area contributed by atoms with Crippen molar-refractivity contribution >= 4 is 17.8 Å². The molecule has 0 saturated carbocycles. The minimum Gasteiger partial charge on any atom is -0.479 e. The normalized spacial score (nSPS) is 22.3. The highest BCUT2D eigenvalue weighted by molar-refractivity contribution is 5.95. The molecule has 0 spiro atoms. The van der Waals surface area contributed by atoms with Crippen LogP contribution in [0.4, 0.5) is 0 Å². The first-order valence-electron chi connectivity index (χ1n) is 7.83. The lowest BCUT2D eigenvalue weighted by Crippen LogP contribution is -2.49. The van der Waals surface area contributed by atoms with E-state index in [-0.39, 0.29) is 24.3 Å². The number of carbonyl (C=O) groups excluding carboxylic acids is 2. The van der Waals surface area contributed by atoms with E-state index in [9.17, 15) is 14.4 Å². The summed E-state index contributed by atoms with van der Waals surface area (Å²) in [4.78, 5) is 34.8. The van der Waals surface area contributed by atoms with Gasteiger partial charge in [-0.25, -0.2) is 4.79 Å². The number of aliphatic hydroxyl groups excluding tert-OH is 1. The third kappa shape index (κ3) is 6.54. The summed E-state index contributed by atoms with van der Waals surface area (Å²) >= 11 is 0. The van der Waals surface area contributed by atoms with E-state index in [1.165, 1.54) is 0 Å². The second kappa shape index (κ2) is 8.83. The van der Waals surface area contributed by atoms with Crippen LogP contribution in [0.5, 0.6) is 0 Å². The van der Waals surface area contributed by atoms with Crippen LogP contribution in [0.2, 0.25) is 0 Å². The van der Waals surface area contributed by atoms with Crippen molar-refractivity contribution in [2.75, 3.05) is 13.2 Å². The molecule has 1 aliphatic heterocycles. The summed E-state index contributed by atoms with van der Waals surface area (Å²) in [5.74, 6) is -1.82. The highest BCUT2D eigenvalue weighted by Crippen LogP contribution is 2.22. The molecule has 0 aromatic heterocycles. The predicted octanol–water partition coefficient (Wildman–Crippen LogP) is -0.496. The highest BCUT2D eigenvalue weighted by Gasteiger charge is 2.51. The first-order chi connectivity index (χ1) is 10.8. The number of ether oxygens (including phenoxy) is 1. The van der Waals surface area contributed by atoms with E-state index in [1.807, 2.05) is 20.8 Å². The number of aliphatic carboxylic acids is 1. The van der Waals surface area contributed by atoms with Crippen LogP contribution in [0.1, 0.15) is 33.6 Å². The monoisotopic (exact) mass is 330 g/mol. The Kier molecular flexibility index (Phi) is 7.44. The van der Waals surface area contributed by atoms with Gasteiger partial charge in [-0.05, 0) is 24.7 Å². The molecule has 1 rings (SSSR count). The molecule has 1 heterocycles. The largest absolute Gasteiger partial charge is 0.479 e. The smallest absolute Gasteiger partial charge is 0.336 e. The predicted molar refractivity (Wildman–Crippen MR) is 81.6 cm³/mol. The molecule has 0 aliphatic carbocycles. The number of rotatable bonds is 10. The van der Waals surface area contributed by atoms with Crippen molar-refractivity contribution in [1.29, 1.82) is 0 Å². The van der Waals surface area contributed by atoms with Crippen LogP contribution >= 0.6 is 0 Å². The first-order valence-corrected chi connectivity index (χ1v) is 7.83. The van der Waals surface area contributed by atoms with Crippen molar-refractivity contribution in [1.82, 2.24) is 10.6 Å². The molecule has 23 heavy (non-hydrogen) atoms. The molecular formula is C15H26N2O6. The third-order valence-corrected chi connectivity index (χ3v) is 3.58. The van der Waals surface area contributed by atoms with Crippen LogP contribution in [-0.2, 0) is 19.1 Å². The van der Waals surface area contributed by atoms with Crippen molar-refractivity contribution in [2.45, 2.75) is 51.9 Å². The first kappa shape index (κ1) is 19.4. The lowest BCUT2D eigenvalue weighted by atomic mass is 10.0. The topological polar surface area (TPSA) is 128 Å². The molecular weight excluding hydrogens is 304 g/mol. The fourth-order valence-electron chi connectivity index (χ4n) is 2.11. The van der Waals surface area contributed by atoms with Gasteiger partial charge in [0, 0.05) is 13.2 Å². The number of hydrogen-bond donors (Lipinski definition) is 4. The summed E-state index contributed by atoms with van der Waals surface area (Å²) in [6, 6.07) is -0.731. The zero-order chi connectivity index (χ0) is 17.6. The Morgan fingerprint density at radius 1 is 1.17 bits per heavy atom. The third-order valence-electron chi connectivity index (χ3n) is 3.58. The lowest BCUT2D eigenvalue weighted by Gasteiger charge is -2.20. The van der Waals surface area contributed by atoms with Crippen LogP contribution < -0.4 is 10.6 Å². The van der Waals surface area contributed by atoms with Crippen LogP contribution in [0, 0.1) is 11.8 Å². The van der Waals surface area contributed by atoms with Gasteiger partial charge in [-0.15, -0.1) is 0 Å². The lowest BCUT2D eigenvalue weighted by molar-refractivity contribution is -0.138. The molecule has 0 radical (unpaired) electrons. The van der Waals surface area contributed by atoms with Gasteiger partial charge in [-0.3, -0.25) is 9.59 Å². The molecule has 1 saturated heterocycles. The average molecular weight is 330 g/mol. The van der Waals surface area contributed by atoms with Crippen LogP contribution in [0.3, 0.4) is 0 Å². The summed E-state index contributed by atoms with van der Waals surface area (Å²) in [5, 5.41) is 23.0. The zero-order valence-corrected chi connectivity index (χ0v) is 13.7. The Labute approximate surface area is 135 Å². The summed E-state index contributed by atoms with van der Waals surface area (Å²) in [6.45, 7) is 6.18. The maximum absolute atomic E-state index is 12.2. The number of carbonyl (C=O) groups is 3. The second-order valence-electron chi connectivity index (χ2n) is 6.37. The second-order valence-corrected chi connectivity index (χ2v) is 6.37. The van der Waals surface area contributed by atoms with Crippen LogP contribution in [-0.4, -0.2) is 59.4 Å². The van der Waals surface area contributed by atoms with Crippen molar-refractivity contribution < 1.29 is 29.3 Å². The van der Waals surface area contributed by atoms with E-state index in [2.05, 4.69) is 10.6 Å². The van der Waals surface area contributed by atoms with Crippen molar-refractivity contribution in [2.24, 2.45) is 11.8 Å². The van der Waals surface area contributed by atoms with E-state index >= 15 is 0 Å². The number of aliphatic hydroxyl groups is 1. The standard InChI is InChI=1S/C15H26N2O6/c1-8(2)6-10(13(19)16-5-4-9(3)7-18)17-14(20)11-12(23-11)15(21)22/h8-12,18H,4-7H2,1-3H3,(H,16,19)(H,17,20)(H,21,22). The molecule has 1 aliphatic rings. The van der Waals surface area contributed by atoms with Gasteiger partial charge < -0.3 is 25.6 Å². The number of carboxylic acids is 1. The summed E-state index contributed by atoms with van der Waals surface area (Å²) in [5.41, 5.74) is 0. The van der Waals surface area contributed by atoms with Crippen LogP contribution in [0.15, 0.2) is 0 Å². The quantitative estimate of drug-likeness (QED) is 0.400. The van der Waals surface area contributed by atoms with Gasteiger partial charge in [-0.1, -0.05) is 20.8 Å². The van der Waals surface area contributed by atoms with Gasteiger partial charge in [0.2, 0.25) is 5.91 Å². The average Bonchev–Trinajstić information content (AvgIpc) is 3.26. The molecule has 4 N–H and O–H groups in total. The van der Waals surface area contributed by atoms with Gasteiger partial charge in [0.25, 0.3) is 5.91 Å². The van der Waals surface area contributed by atoms with Crippen LogP contribution in [0.25, 0.3) is 0 Å². The van der Waals surface area contributed by atoms with E-state index in [1.54, 1.807) is 0 Å². The number of carboxylic acid groups (broad SMARTS) is 1. The molecule has 8 heteroatoms. The Bertz CT molecular complexity index is 440. The van der Waals surface area contributed by atoms with Gasteiger partial charge >= 0.3 is 5.97 Å². The maximum atomic E-state index is 12.2. The fraction of sp³-hybridized carbons (Fsp3) is 0.800. The Hall–Kier alpha value is -1.67. The van der Waals surface area contributed by atoms with Gasteiger partial charge in [0.05, 0.1) is 0 Å². The molecule has 8 nitrogen and oxygen atoms in total. The molecule has 0 aromatic carbocycles. The van der Waals surface area contributed by atoms with Crippen molar-refractivity contribution in [3.05, 3.63) is 0 Å². The minimum absolute atomic E-state index is 0.0532. The Morgan fingerprint density at radius 2 is 1.83 bits per heavy atom. The molecule has 2 amide bonds. The van der Waals surface area contributed by atoms with E-state index in [4.69, 9.17) is 14.9 Å². The summed E-state index contributed by atoms with van der Waals surface area (Å²) < 4.78 is 4.78. The van der Waals surface area contributed by atoms with Gasteiger partial charge in [-0.2, -0.15) is 0 Å². The summed E-state index contributed by atoms with van der Waals surface area (Å²) in [7, 11) is 0. The molecule has 132 valence electrons. The molecule has 4 atom stereocenters. The van der Waals surface area contributed by atoms with Crippen molar-refractivity contribution in [3.8, 4) is 0 Å². The fourth-order valence-corrected chi connectivity index (χ4v) is 2.11. The number of epoxide rings is 1. The zero-order valence-electron chi connectivity index (χ0n) is 13.7. The van der Waals surface area contributed by atoms with Crippen molar-refractivity contribution in [3.63, 3.8) is 0 Å². The molecule has 1 fully saturated rings. The maximum Gasteiger partial charge on any atom is 0.336 e. The minimum atomic E-state index is -1.19. The van der Waals surface area contributed by atoms with Gasteiger partial charge in [0.15, 0.2) is 12.2 Å². The highest BCUT2D eigenvalue weighted by atomic mass is 16.6. The Balaban J connectivity index is 2.50. The van der Waals surface area contributed by atoms with E-state index in [0.29, 0.717) is 19.4 Å². The van der Waals surface area contributed by atoms with E-state index in [0.717, 1.165) is 0 Å². The molecule has 0 bridgehead atoms. The SMILES string of the molecule is CC(C)CC(NC(=O)C1OC1C(=O)O)C(=O)NCCC(C)CO. The number of nitrogens with one attached hydrogen (secondary N) is 2. The number of amides is 2. The number of hydrogen-bond acceptors (Lipinski definition) is 5. The summed E-state index contributed by atoms with van der Waals surface area (Å²) in [6.07, 6.45) is -1.07. The Morgan fingerprint density at radius 3 is 2.30 bits per heavy atom.